The Morgan fingerprint density at radius 1 is 0.912 bits per heavy atom. The Morgan fingerprint density at radius 3 is 2.38 bits per heavy atom. The van der Waals surface area contributed by atoms with E-state index in [1.54, 1.807) is 17.7 Å². The number of methoxy groups -OCH3 is 1. The van der Waals surface area contributed by atoms with Gasteiger partial charge in [0.2, 0.25) is 0 Å². The Kier molecular flexibility index (Phi) is 6.03. The largest absolute Gasteiger partial charge is 0.496 e. The van der Waals surface area contributed by atoms with Crippen molar-refractivity contribution in [3.05, 3.63) is 108 Å². The van der Waals surface area contributed by atoms with Gasteiger partial charge in [-0.15, -0.1) is 0 Å². The number of aromatic nitrogens is 3. The average molecular weight is 449 g/mol. The minimum absolute atomic E-state index is 0.225. The Morgan fingerprint density at radius 2 is 1.62 bits per heavy atom. The summed E-state index contributed by atoms with van der Waals surface area (Å²) in [6.07, 6.45) is 0.749. The minimum atomic E-state index is -0.225. The Hall–Kier alpha value is -4.45. The summed E-state index contributed by atoms with van der Waals surface area (Å²) in [5.74, 6) is 0.472. The van der Waals surface area contributed by atoms with E-state index < -0.39 is 0 Å². The molecule has 5 aromatic rings. The lowest BCUT2D eigenvalue weighted by Crippen LogP contribution is -2.27. The second kappa shape index (κ2) is 9.58. The Bertz CT molecular complexity index is 1430. The van der Waals surface area contributed by atoms with Crippen molar-refractivity contribution in [1.29, 1.82) is 0 Å². The number of nitrogens with one attached hydrogen (secondary N) is 1. The quantitative estimate of drug-likeness (QED) is 0.379. The molecule has 34 heavy (non-hydrogen) atoms. The maximum atomic E-state index is 13.1. The van der Waals surface area contributed by atoms with Gasteiger partial charge in [0.25, 0.3) is 5.91 Å². The fourth-order valence-corrected chi connectivity index (χ4v) is 3.94. The van der Waals surface area contributed by atoms with Gasteiger partial charge in [-0.3, -0.25) is 4.79 Å². The number of carbonyl (C=O) groups is 1. The van der Waals surface area contributed by atoms with E-state index in [0.29, 0.717) is 23.6 Å². The summed E-state index contributed by atoms with van der Waals surface area (Å²) in [7, 11) is 1.63. The van der Waals surface area contributed by atoms with E-state index in [1.807, 2.05) is 91.0 Å². The summed E-state index contributed by atoms with van der Waals surface area (Å²) in [6, 6.07) is 31.3. The van der Waals surface area contributed by atoms with Gasteiger partial charge < -0.3 is 10.1 Å². The molecule has 0 bridgehead atoms. The number of hydrogen-bond acceptors (Lipinski definition) is 4. The number of nitrogens with zero attached hydrogens (tertiary/aromatic N) is 3. The molecule has 0 saturated heterocycles. The van der Waals surface area contributed by atoms with E-state index >= 15 is 0 Å². The lowest BCUT2D eigenvalue weighted by atomic mass is 10.1. The zero-order valence-corrected chi connectivity index (χ0v) is 18.8. The van der Waals surface area contributed by atoms with Crippen molar-refractivity contribution >= 4 is 11.6 Å². The molecule has 6 heteroatoms. The first-order chi connectivity index (χ1) is 16.7. The molecule has 0 aliphatic heterocycles. The van der Waals surface area contributed by atoms with Crippen LogP contribution in [0.3, 0.4) is 0 Å². The van der Waals surface area contributed by atoms with Crippen LogP contribution in [0.25, 0.3) is 28.2 Å². The first-order valence-corrected chi connectivity index (χ1v) is 11.1. The number of carbonyl (C=O) groups excluding carboxylic acids is 1. The molecule has 5 rings (SSSR count). The standard InChI is InChI=1S/C28H24N4O2/c1-34-26-15-9-8-14-22(26)25-18-24(28(33)29-17-16-20-10-4-2-5-11-20)30-27-19-23(31-32(25)27)21-12-6-3-7-13-21/h2-15,18-19H,16-17H2,1H3,(H,29,33). The molecule has 0 atom stereocenters. The molecule has 1 N–H and O–H groups in total. The summed E-state index contributed by atoms with van der Waals surface area (Å²) in [4.78, 5) is 17.7. The zero-order chi connectivity index (χ0) is 23.3. The van der Waals surface area contributed by atoms with Crippen LogP contribution in [-0.2, 0) is 6.42 Å². The van der Waals surface area contributed by atoms with E-state index in [0.717, 1.165) is 28.9 Å². The van der Waals surface area contributed by atoms with E-state index in [1.165, 1.54) is 5.56 Å². The van der Waals surface area contributed by atoms with Crippen LogP contribution in [0.4, 0.5) is 0 Å². The highest BCUT2D eigenvalue weighted by Crippen LogP contribution is 2.31. The molecule has 2 aromatic heterocycles. The fourth-order valence-electron chi connectivity index (χ4n) is 3.94. The molecule has 0 saturated carbocycles. The normalized spacial score (nSPS) is 10.9. The van der Waals surface area contributed by atoms with Crippen molar-refractivity contribution in [1.82, 2.24) is 19.9 Å². The lowest BCUT2D eigenvalue weighted by Gasteiger charge is -2.12. The smallest absolute Gasteiger partial charge is 0.270 e. The highest BCUT2D eigenvalue weighted by atomic mass is 16.5. The molecule has 3 aromatic carbocycles. The van der Waals surface area contributed by atoms with Crippen molar-refractivity contribution in [2.45, 2.75) is 6.42 Å². The first kappa shape index (κ1) is 21.4. The van der Waals surface area contributed by atoms with Crippen molar-refractivity contribution in [3.8, 4) is 28.3 Å². The van der Waals surface area contributed by atoms with Crippen molar-refractivity contribution < 1.29 is 9.53 Å². The van der Waals surface area contributed by atoms with Crippen LogP contribution in [0.5, 0.6) is 5.75 Å². The number of benzene rings is 3. The van der Waals surface area contributed by atoms with Crippen molar-refractivity contribution in [2.24, 2.45) is 0 Å². The number of fused-ring (bicyclic) bond motifs is 1. The van der Waals surface area contributed by atoms with Gasteiger partial charge in [-0.2, -0.15) is 5.10 Å². The topological polar surface area (TPSA) is 68.5 Å². The second-order valence-corrected chi connectivity index (χ2v) is 7.88. The van der Waals surface area contributed by atoms with Crippen molar-refractivity contribution in [3.63, 3.8) is 0 Å². The lowest BCUT2D eigenvalue weighted by molar-refractivity contribution is 0.0949. The van der Waals surface area contributed by atoms with Gasteiger partial charge in [0.15, 0.2) is 5.65 Å². The van der Waals surface area contributed by atoms with E-state index in [-0.39, 0.29) is 5.91 Å². The third-order valence-corrected chi connectivity index (χ3v) is 5.65. The Balaban J connectivity index is 1.54. The number of ether oxygens (including phenoxy) is 1. The predicted octanol–water partition coefficient (Wildman–Crippen LogP) is 5.04. The van der Waals surface area contributed by atoms with Gasteiger partial charge in [-0.25, -0.2) is 9.50 Å². The molecule has 0 spiro atoms. The number of amides is 1. The molecule has 0 aliphatic rings. The van der Waals surface area contributed by atoms with Crippen LogP contribution in [0.2, 0.25) is 0 Å². The molecule has 6 nitrogen and oxygen atoms in total. The Labute approximate surface area is 197 Å². The van der Waals surface area contributed by atoms with Crippen LogP contribution in [0.15, 0.2) is 97.1 Å². The summed E-state index contributed by atoms with van der Waals surface area (Å²) >= 11 is 0. The number of hydrogen-bond donors (Lipinski definition) is 1. The molecule has 0 unspecified atom stereocenters. The maximum absolute atomic E-state index is 13.1. The van der Waals surface area contributed by atoms with E-state index in [9.17, 15) is 4.79 Å². The molecule has 0 aliphatic carbocycles. The summed E-state index contributed by atoms with van der Waals surface area (Å²) in [5.41, 5.74) is 5.43. The van der Waals surface area contributed by atoms with Crippen LogP contribution in [-0.4, -0.2) is 34.2 Å². The number of rotatable bonds is 7. The van der Waals surface area contributed by atoms with Crippen molar-refractivity contribution in [2.75, 3.05) is 13.7 Å². The molecule has 168 valence electrons. The monoisotopic (exact) mass is 448 g/mol. The molecule has 2 heterocycles. The third-order valence-electron chi connectivity index (χ3n) is 5.65. The van der Waals surface area contributed by atoms with E-state index in [4.69, 9.17) is 9.84 Å². The molecular weight excluding hydrogens is 424 g/mol. The van der Waals surface area contributed by atoms with Crippen LogP contribution in [0.1, 0.15) is 16.1 Å². The maximum Gasteiger partial charge on any atom is 0.270 e. The van der Waals surface area contributed by atoms with Crippen LogP contribution >= 0.6 is 0 Å². The van der Waals surface area contributed by atoms with Gasteiger partial charge in [0, 0.05) is 23.7 Å². The zero-order valence-electron chi connectivity index (χ0n) is 18.8. The molecule has 0 radical (unpaired) electrons. The summed E-state index contributed by atoms with van der Waals surface area (Å²) in [5, 5.41) is 7.80. The SMILES string of the molecule is COc1ccccc1-c1cc(C(=O)NCCc2ccccc2)nc2cc(-c3ccccc3)nn12. The summed E-state index contributed by atoms with van der Waals surface area (Å²) < 4.78 is 7.36. The predicted molar refractivity (Wildman–Crippen MR) is 133 cm³/mol. The summed E-state index contributed by atoms with van der Waals surface area (Å²) in [6.45, 7) is 0.522. The van der Waals surface area contributed by atoms with Crippen LogP contribution in [0, 0.1) is 0 Å². The first-order valence-electron chi connectivity index (χ1n) is 11.1. The van der Waals surface area contributed by atoms with E-state index in [2.05, 4.69) is 10.3 Å². The van der Waals surface area contributed by atoms with Gasteiger partial charge in [0.1, 0.15) is 11.4 Å². The number of para-hydroxylation sites is 1. The fraction of sp³-hybridized carbons (Fsp3) is 0.107. The third kappa shape index (κ3) is 4.38. The van der Waals surface area contributed by atoms with Gasteiger partial charge >= 0.3 is 0 Å². The van der Waals surface area contributed by atoms with Crippen LogP contribution < -0.4 is 10.1 Å². The molecular formula is C28H24N4O2. The minimum Gasteiger partial charge on any atom is -0.496 e. The molecule has 0 fully saturated rings. The molecule has 1 amide bonds. The van der Waals surface area contributed by atoms with Gasteiger partial charge in [-0.1, -0.05) is 72.8 Å². The van der Waals surface area contributed by atoms with Gasteiger partial charge in [-0.05, 0) is 30.2 Å². The van der Waals surface area contributed by atoms with Gasteiger partial charge in [0.05, 0.1) is 18.5 Å². The second-order valence-electron chi connectivity index (χ2n) is 7.88. The highest BCUT2D eigenvalue weighted by Gasteiger charge is 2.18. The highest BCUT2D eigenvalue weighted by molar-refractivity contribution is 5.94. The average Bonchev–Trinajstić information content (AvgIpc) is 3.33.